The van der Waals surface area contributed by atoms with E-state index in [1.54, 1.807) is 13.1 Å². The van der Waals surface area contributed by atoms with Crippen molar-refractivity contribution in [3.8, 4) is 5.75 Å². The fraction of sp³-hybridized carbons (Fsp3) is 0.522. The molecule has 2 fully saturated rings. The first-order chi connectivity index (χ1) is 16.0. The lowest BCUT2D eigenvalue weighted by atomic mass is 9.93. The molecule has 3 aliphatic rings. The Morgan fingerprint density at radius 3 is 2.64 bits per heavy atom. The smallest absolute Gasteiger partial charge is 0.330 e. The lowest BCUT2D eigenvalue weighted by Crippen LogP contribution is -2.49. The van der Waals surface area contributed by atoms with Crippen molar-refractivity contribution in [1.82, 2.24) is 9.97 Å². The molecule has 0 saturated heterocycles. The molecule has 1 aromatic heterocycles. The van der Waals surface area contributed by atoms with Gasteiger partial charge in [-0.05, 0) is 57.6 Å². The molecule has 2 heterocycles. The second-order valence-corrected chi connectivity index (χ2v) is 8.80. The monoisotopic (exact) mass is 459 g/mol. The number of anilines is 3. The molecule has 2 saturated carbocycles. The first kappa shape index (κ1) is 21.8. The molecule has 2 aliphatic carbocycles. The quantitative estimate of drug-likeness (QED) is 0.679. The summed E-state index contributed by atoms with van der Waals surface area (Å²) in [5.74, 6) is -0.934. The maximum absolute atomic E-state index is 15.1. The number of halogens is 2. The van der Waals surface area contributed by atoms with Gasteiger partial charge >= 0.3 is 6.03 Å². The average Bonchev–Trinajstić information content (AvgIpc) is 3.63. The molecule has 0 bridgehead atoms. The first-order valence-electron chi connectivity index (χ1n) is 11.5. The van der Waals surface area contributed by atoms with Crippen LogP contribution in [0.3, 0.4) is 0 Å². The van der Waals surface area contributed by atoms with Crippen molar-refractivity contribution < 1.29 is 23.4 Å². The molecule has 2 aromatic rings. The van der Waals surface area contributed by atoms with Crippen LogP contribution in [0.25, 0.3) is 0 Å². The van der Waals surface area contributed by atoms with E-state index in [1.165, 1.54) is 11.0 Å². The third-order valence-corrected chi connectivity index (χ3v) is 6.38. The molecule has 0 spiro atoms. The molecule has 33 heavy (non-hydrogen) atoms. The Balaban J connectivity index is 1.47. The molecule has 8 nitrogen and oxygen atoms in total. The van der Waals surface area contributed by atoms with Gasteiger partial charge in [-0.3, -0.25) is 9.80 Å². The summed E-state index contributed by atoms with van der Waals surface area (Å²) in [5, 5.41) is 13.0. The van der Waals surface area contributed by atoms with Crippen LogP contribution in [0.1, 0.15) is 51.0 Å². The minimum absolute atomic E-state index is 0.0449. The minimum Gasteiger partial charge on any atom is -0.491 e. The number of amides is 2. The predicted octanol–water partition coefficient (Wildman–Crippen LogP) is 3.98. The molecular formula is C23H27F2N5O3. The highest BCUT2D eigenvalue weighted by atomic mass is 19.1. The second-order valence-electron chi connectivity index (χ2n) is 8.80. The van der Waals surface area contributed by atoms with Crippen LogP contribution < -0.4 is 19.9 Å². The van der Waals surface area contributed by atoms with E-state index in [9.17, 15) is 14.3 Å². The number of aliphatic hydroxyl groups is 1. The number of rotatable bonds is 6. The molecule has 1 aliphatic heterocycles. The van der Waals surface area contributed by atoms with Crippen molar-refractivity contribution in [3.63, 3.8) is 0 Å². The fourth-order valence-corrected chi connectivity index (χ4v) is 4.52. The Kier molecular flexibility index (Phi) is 5.77. The zero-order valence-corrected chi connectivity index (χ0v) is 18.4. The topological polar surface area (TPSA) is 90.8 Å². The molecule has 0 unspecified atom stereocenters. The molecule has 2 N–H and O–H groups in total. The molecular weight excluding hydrogens is 432 g/mol. The summed E-state index contributed by atoms with van der Waals surface area (Å²) in [4.78, 5) is 25.1. The largest absolute Gasteiger partial charge is 0.491 e. The number of carbonyl (C=O) groups is 1. The second kappa shape index (κ2) is 8.74. The summed E-state index contributed by atoms with van der Waals surface area (Å²) in [6.45, 7) is 1.88. The third-order valence-electron chi connectivity index (χ3n) is 6.38. The lowest BCUT2D eigenvalue weighted by molar-refractivity contribution is 0.126. The van der Waals surface area contributed by atoms with E-state index >= 15 is 4.39 Å². The van der Waals surface area contributed by atoms with Crippen molar-refractivity contribution in [2.75, 3.05) is 21.7 Å². The van der Waals surface area contributed by atoms with Gasteiger partial charge in [-0.25, -0.2) is 18.6 Å². The summed E-state index contributed by atoms with van der Waals surface area (Å²) in [6.07, 6.45) is 6.03. The number of urea groups is 1. The lowest BCUT2D eigenvalue weighted by Gasteiger charge is -2.36. The van der Waals surface area contributed by atoms with E-state index in [-0.39, 0.29) is 37.1 Å². The average molecular weight is 459 g/mol. The van der Waals surface area contributed by atoms with E-state index in [4.69, 9.17) is 4.74 Å². The van der Waals surface area contributed by atoms with Gasteiger partial charge in [0.25, 0.3) is 0 Å². The van der Waals surface area contributed by atoms with Gasteiger partial charge in [-0.2, -0.15) is 4.98 Å². The van der Waals surface area contributed by atoms with Crippen molar-refractivity contribution in [2.45, 2.75) is 70.2 Å². The standard InChI is InChI=1S/C23H27F2N5O3/c1-2-33-18-10-9-17(24)20(19(18)25)29-12-13-11-26-22(27-14-3-7-16(31)8-4-14)28-21(13)30(23(29)32)15-5-6-15/h9-11,14-16,31H,2-8,12H2,1H3,(H,26,27,28). The highest BCUT2D eigenvalue weighted by molar-refractivity contribution is 6.06. The maximum Gasteiger partial charge on any atom is 0.330 e. The molecule has 5 rings (SSSR count). The minimum atomic E-state index is -0.900. The number of nitrogens with one attached hydrogen (secondary N) is 1. The third kappa shape index (κ3) is 4.19. The van der Waals surface area contributed by atoms with Gasteiger partial charge in [-0.15, -0.1) is 0 Å². The number of ether oxygens (including phenoxy) is 1. The van der Waals surface area contributed by atoms with Gasteiger partial charge < -0.3 is 15.2 Å². The Morgan fingerprint density at radius 1 is 1.18 bits per heavy atom. The Hall–Kier alpha value is -3.01. The highest BCUT2D eigenvalue weighted by Gasteiger charge is 2.43. The number of hydrogen-bond acceptors (Lipinski definition) is 6. The number of aromatic nitrogens is 2. The number of carbonyl (C=O) groups excluding carboxylic acids is 1. The number of nitrogens with zero attached hydrogens (tertiary/aromatic N) is 4. The van der Waals surface area contributed by atoms with Crippen LogP contribution in [0.5, 0.6) is 5.75 Å². The molecule has 2 amide bonds. The van der Waals surface area contributed by atoms with Crippen molar-refractivity contribution in [1.29, 1.82) is 0 Å². The van der Waals surface area contributed by atoms with Gasteiger partial charge in [0.05, 0.1) is 19.3 Å². The zero-order valence-electron chi connectivity index (χ0n) is 18.4. The summed E-state index contributed by atoms with van der Waals surface area (Å²) in [5.41, 5.74) is 0.192. The summed E-state index contributed by atoms with van der Waals surface area (Å²) < 4.78 is 35.1. The van der Waals surface area contributed by atoms with E-state index in [1.807, 2.05) is 0 Å². The SMILES string of the molecule is CCOc1ccc(F)c(N2Cc3cnc(NC4CCC(O)CC4)nc3N(C3CC3)C2=O)c1F. The van der Waals surface area contributed by atoms with E-state index in [0.29, 0.717) is 17.3 Å². The first-order valence-corrected chi connectivity index (χ1v) is 11.5. The van der Waals surface area contributed by atoms with Crippen LogP contribution in [0.4, 0.5) is 31.0 Å². The van der Waals surface area contributed by atoms with Crippen LogP contribution in [-0.2, 0) is 6.54 Å². The van der Waals surface area contributed by atoms with Gasteiger partial charge in [0, 0.05) is 23.8 Å². The normalized spacial score (nSPS) is 22.8. The zero-order chi connectivity index (χ0) is 23.1. The number of fused-ring (bicyclic) bond motifs is 1. The number of benzene rings is 1. The molecule has 10 heteroatoms. The van der Waals surface area contributed by atoms with Gasteiger partial charge in [-0.1, -0.05) is 0 Å². The van der Waals surface area contributed by atoms with E-state index < -0.39 is 23.4 Å². The Labute approximate surface area is 190 Å². The van der Waals surface area contributed by atoms with Crippen LogP contribution in [0, 0.1) is 11.6 Å². The van der Waals surface area contributed by atoms with Crippen molar-refractivity contribution >= 4 is 23.5 Å². The predicted molar refractivity (Wildman–Crippen MR) is 119 cm³/mol. The van der Waals surface area contributed by atoms with Crippen molar-refractivity contribution in [2.24, 2.45) is 0 Å². The number of aliphatic hydroxyl groups excluding tert-OH is 1. The molecule has 1 aromatic carbocycles. The van der Waals surface area contributed by atoms with E-state index in [2.05, 4.69) is 15.3 Å². The van der Waals surface area contributed by atoms with Crippen LogP contribution >= 0.6 is 0 Å². The molecule has 176 valence electrons. The summed E-state index contributed by atoms with van der Waals surface area (Å²) in [6, 6.07) is 1.92. The number of hydrogen-bond donors (Lipinski definition) is 2. The van der Waals surface area contributed by atoms with Gasteiger partial charge in [0.15, 0.2) is 11.6 Å². The summed E-state index contributed by atoms with van der Waals surface area (Å²) >= 11 is 0. The van der Waals surface area contributed by atoms with Crippen LogP contribution in [0.2, 0.25) is 0 Å². The highest BCUT2D eigenvalue weighted by Crippen LogP contribution is 2.41. The molecule has 0 atom stereocenters. The van der Waals surface area contributed by atoms with Crippen molar-refractivity contribution in [3.05, 3.63) is 35.5 Å². The Bertz CT molecular complexity index is 1060. The Morgan fingerprint density at radius 2 is 1.94 bits per heavy atom. The fourth-order valence-electron chi connectivity index (χ4n) is 4.52. The van der Waals surface area contributed by atoms with Crippen LogP contribution in [-0.4, -0.2) is 45.9 Å². The van der Waals surface area contributed by atoms with Gasteiger partial charge in [0.1, 0.15) is 17.3 Å². The van der Waals surface area contributed by atoms with Crippen LogP contribution in [0.15, 0.2) is 18.3 Å². The maximum atomic E-state index is 15.1. The summed E-state index contributed by atoms with van der Waals surface area (Å²) in [7, 11) is 0. The molecule has 0 radical (unpaired) electrons. The van der Waals surface area contributed by atoms with E-state index in [0.717, 1.165) is 49.5 Å². The van der Waals surface area contributed by atoms with Gasteiger partial charge in [0.2, 0.25) is 5.95 Å².